The number of esters is 1. The quantitative estimate of drug-likeness (QED) is 0.806. The second kappa shape index (κ2) is 6.03. The third kappa shape index (κ3) is 3.90. The van der Waals surface area contributed by atoms with Crippen molar-refractivity contribution in [2.45, 2.75) is 20.8 Å². The van der Waals surface area contributed by atoms with Crippen molar-refractivity contribution >= 4 is 11.9 Å². The minimum Gasteiger partial charge on any atom is -0.465 e. The van der Waals surface area contributed by atoms with Gasteiger partial charge in [0.05, 0.1) is 6.61 Å². The standard InChI is InChI=1S/C13H17NO3/c1-4-17-12(15)8-14-13(16)11-7-9(2)5-6-10(11)3/h5-7H,4,8H2,1-3H3,(H,14,16). The highest BCUT2D eigenvalue weighted by Gasteiger charge is 2.10. The molecule has 1 aromatic rings. The van der Waals surface area contributed by atoms with Crippen LogP contribution in [0.5, 0.6) is 0 Å². The Morgan fingerprint density at radius 3 is 2.65 bits per heavy atom. The van der Waals surface area contributed by atoms with Crippen LogP contribution < -0.4 is 5.32 Å². The molecule has 0 heterocycles. The van der Waals surface area contributed by atoms with Crippen LogP contribution in [0.3, 0.4) is 0 Å². The highest BCUT2D eigenvalue weighted by molar-refractivity contribution is 5.97. The molecule has 4 nitrogen and oxygen atoms in total. The minimum atomic E-state index is -0.425. The predicted molar refractivity (Wildman–Crippen MR) is 64.9 cm³/mol. The number of carbonyl (C=O) groups excluding carboxylic acids is 2. The molecular weight excluding hydrogens is 218 g/mol. The third-order valence-electron chi connectivity index (χ3n) is 2.34. The molecule has 0 atom stereocenters. The van der Waals surface area contributed by atoms with Gasteiger partial charge >= 0.3 is 5.97 Å². The monoisotopic (exact) mass is 235 g/mol. The fraction of sp³-hybridized carbons (Fsp3) is 0.385. The van der Waals surface area contributed by atoms with Gasteiger partial charge in [-0.05, 0) is 32.4 Å². The number of amides is 1. The molecule has 1 rings (SSSR count). The fourth-order valence-corrected chi connectivity index (χ4v) is 1.44. The van der Waals surface area contributed by atoms with Crippen LogP contribution in [0.2, 0.25) is 0 Å². The zero-order valence-corrected chi connectivity index (χ0v) is 10.4. The van der Waals surface area contributed by atoms with E-state index >= 15 is 0 Å². The van der Waals surface area contributed by atoms with Crippen LogP contribution in [0.1, 0.15) is 28.4 Å². The average molecular weight is 235 g/mol. The van der Waals surface area contributed by atoms with Gasteiger partial charge in [-0.1, -0.05) is 17.7 Å². The lowest BCUT2D eigenvalue weighted by molar-refractivity contribution is -0.141. The number of aryl methyl sites for hydroxylation is 2. The van der Waals surface area contributed by atoms with E-state index < -0.39 is 5.97 Å². The Bertz CT molecular complexity index is 427. The zero-order chi connectivity index (χ0) is 12.8. The Kier molecular flexibility index (Phi) is 4.69. The van der Waals surface area contributed by atoms with E-state index in [9.17, 15) is 9.59 Å². The summed E-state index contributed by atoms with van der Waals surface area (Å²) in [5, 5.41) is 2.54. The molecule has 1 N–H and O–H groups in total. The molecule has 0 spiro atoms. The normalized spacial score (nSPS) is 9.82. The lowest BCUT2D eigenvalue weighted by atomic mass is 10.1. The van der Waals surface area contributed by atoms with Crippen molar-refractivity contribution < 1.29 is 14.3 Å². The van der Waals surface area contributed by atoms with Gasteiger partial charge in [-0.3, -0.25) is 9.59 Å². The largest absolute Gasteiger partial charge is 0.465 e. The van der Waals surface area contributed by atoms with Crippen molar-refractivity contribution in [3.8, 4) is 0 Å². The molecule has 0 aliphatic carbocycles. The lowest BCUT2D eigenvalue weighted by Gasteiger charge is -2.08. The minimum absolute atomic E-state index is 0.0972. The Morgan fingerprint density at radius 2 is 2.00 bits per heavy atom. The van der Waals surface area contributed by atoms with Gasteiger partial charge in [-0.25, -0.2) is 0 Å². The van der Waals surface area contributed by atoms with E-state index in [0.29, 0.717) is 12.2 Å². The van der Waals surface area contributed by atoms with Crippen molar-refractivity contribution in [1.82, 2.24) is 5.32 Å². The van der Waals surface area contributed by atoms with E-state index in [2.05, 4.69) is 5.32 Å². The summed E-state index contributed by atoms with van der Waals surface area (Å²) >= 11 is 0. The number of ether oxygens (including phenoxy) is 1. The molecule has 0 fully saturated rings. The van der Waals surface area contributed by atoms with Crippen molar-refractivity contribution in [3.05, 3.63) is 34.9 Å². The van der Waals surface area contributed by atoms with E-state index in [4.69, 9.17) is 4.74 Å². The third-order valence-corrected chi connectivity index (χ3v) is 2.34. The number of hydrogen-bond donors (Lipinski definition) is 1. The second-order valence-corrected chi connectivity index (χ2v) is 3.81. The number of nitrogens with one attached hydrogen (secondary N) is 1. The predicted octanol–water partition coefficient (Wildman–Crippen LogP) is 1.60. The maximum Gasteiger partial charge on any atom is 0.325 e. The molecule has 0 radical (unpaired) electrons. The van der Waals surface area contributed by atoms with Crippen LogP contribution in [-0.2, 0) is 9.53 Å². The van der Waals surface area contributed by atoms with Crippen molar-refractivity contribution in [3.63, 3.8) is 0 Å². The van der Waals surface area contributed by atoms with E-state index in [1.165, 1.54) is 0 Å². The molecule has 17 heavy (non-hydrogen) atoms. The molecule has 1 aromatic carbocycles. The lowest BCUT2D eigenvalue weighted by Crippen LogP contribution is -2.31. The number of hydrogen-bond acceptors (Lipinski definition) is 3. The smallest absolute Gasteiger partial charge is 0.325 e. The van der Waals surface area contributed by atoms with E-state index in [1.807, 2.05) is 26.0 Å². The molecule has 0 aliphatic rings. The summed E-state index contributed by atoms with van der Waals surface area (Å²) in [5.74, 6) is -0.676. The van der Waals surface area contributed by atoms with Crippen molar-refractivity contribution in [2.24, 2.45) is 0 Å². The van der Waals surface area contributed by atoms with Gasteiger partial charge in [0.1, 0.15) is 6.54 Å². The van der Waals surface area contributed by atoms with Gasteiger partial charge in [0.15, 0.2) is 0 Å². The summed E-state index contributed by atoms with van der Waals surface area (Å²) < 4.78 is 4.73. The Balaban J connectivity index is 2.64. The number of carbonyl (C=O) groups is 2. The molecule has 92 valence electrons. The maximum absolute atomic E-state index is 11.8. The van der Waals surface area contributed by atoms with Crippen LogP contribution in [0.4, 0.5) is 0 Å². The molecule has 0 bridgehead atoms. The zero-order valence-electron chi connectivity index (χ0n) is 10.4. The van der Waals surface area contributed by atoms with E-state index in [0.717, 1.165) is 11.1 Å². The summed E-state index contributed by atoms with van der Waals surface area (Å²) in [6.07, 6.45) is 0. The van der Waals surface area contributed by atoms with Gasteiger partial charge in [0.25, 0.3) is 5.91 Å². The van der Waals surface area contributed by atoms with Gasteiger partial charge in [0.2, 0.25) is 0 Å². The topological polar surface area (TPSA) is 55.4 Å². The summed E-state index contributed by atoms with van der Waals surface area (Å²) in [6.45, 7) is 5.73. The Labute approximate surface area is 101 Å². The first-order valence-electron chi connectivity index (χ1n) is 5.55. The van der Waals surface area contributed by atoms with Gasteiger partial charge in [0, 0.05) is 5.56 Å². The molecule has 0 unspecified atom stereocenters. The van der Waals surface area contributed by atoms with Crippen LogP contribution in [0.25, 0.3) is 0 Å². The molecule has 4 heteroatoms. The average Bonchev–Trinajstić information content (AvgIpc) is 2.29. The van der Waals surface area contributed by atoms with Crippen LogP contribution in [-0.4, -0.2) is 25.0 Å². The molecule has 0 saturated heterocycles. The highest BCUT2D eigenvalue weighted by Crippen LogP contribution is 2.10. The fourth-order valence-electron chi connectivity index (χ4n) is 1.44. The maximum atomic E-state index is 11.8. The molecule has 1 amide bonds. The van der Waals surface area contributed by atoms with Crippen molar-refractivity contribution in [1.29, 1.82) is 0 Å². The van der Waals surface area contributed by atoms with Crippen molar-refractivity contribution in [2.75, 3.05) is 13.2 Å². The summed E-state index contributed by atoms with van der Waals surface area (Å²) in [7, 11) is 0. The summed E-state index contributed by atoms with van der Waals surface area (Å²) in [6, 6.07) is 5.63. The Hall–Kier alpha value is -1.84. The molecule has 0 saturated carbocycles. The van der Waals surface area contributed by atoms with Gasteiger partial charge in [-0.15, -0.1) is 0 Å². The first-order chi connectivity index (χ1) is 8.04. The first kappa shape index (κ1) is 13.2. The number of rotatable bonds is 4. The molecule has 0 aliphatic heterocycles. The molecular formula is C13H17NO3. The number of benzene rings is 1. The first-order valence-corrected chi connectivity index (χ1v) is 5.55. The van der Waals surface area contributed by atoms with E-state index in [-0.39, 0.29) is 12.5 Å². The summed E-state index contributed by atoms with van der Waals surface area (Å²) in [5.41, 5.74) is 2.49. The van der Waals surface area contributed by atoms with Gasteiger partial charge in [-0.2, -0.15) is 0 Å². The van der Waals surface area contributed by atoms with E-state index in [1.54, 1.807) is 13.0 Å². The molecule has 0 aromatic heterocycles. The summed E-state index contributed by atoms with van der Waals surface area (Å²) in [4.78, 5) is 22.9. The highest BCUT2D eigenvalue weighted by atomic mass is 16.5. The Morgan fingerprint density at radius 1 is 1.29 bits per heavy atom. The van der Waals surface area contributed by atoms with Crippen LogP contribution in [0, 0.1) is 13.8 Å². The second-order valence-electron chi connectivity index (χ2n) is 3.81. The van der Waals surface area contributed by atoms with Crippen LogP contribution >= 0.6 is 0 Å². The van der Waals surface area contributed by atoms with Gasteiger partial charge < -0.3 is 10.1 Å². The SMILES string of the molecule is CCOC(=O)CNC(=O)c1cc(C)ccc1C. The van der Waals surface area contributed by atoms with Crippen LogP contribution in [0.15, 0.2) is 18.2 Å².